The first kappa shape index (κ1) is 24.6. The number of para-hydroxylation sites is 1. The van der Waals surface area contributed by atoms with E-state index in [1.807, 2.05) is 63.2 Å². The molecule has 3 rings (SSSR count). The van der Waals surface area contributed by atoms with Gasteiger partial charge in [-0.25, -0.2) is 0 Å². The fraction of sp³-hybridized carbons (Fsp3) is 0.462. The largest absolute Gasteiger partial charge is 0.496 e. The van der Waals surface area contributed by atoms with Crippen LogP contribution in [0.3, 0.4) is 0 Å². The van der Waals surface area contributed by atoms with Gasteiger partial charge in [0.25, 0.3) is 5.91 Å². The van der Waals surface area contributed by atoms with E-state index in [0.717, 1.165) is 54.3 Å². The van der Waals surface area contributed by atoms with E-state index in [9.17, 15) is 10.1 Å². The summed E-state index contributed by atoms with van der Waals surface area (Å²) in [5.74, 6) is 0.378. The highest BCUT2D eigenvalue weighted by Gasteiger charge is 2.21. The van der Waals surface area contributed by atoms with Crippen molar-refractivity contribution in [2.45, 2.75) is 45.4 Å². The molecule has 1 fully saturated rings. The number of aromatic nitrogens is 1. The Balaban J connectivity index is 1.75. The second-order valence-corrected chi connectivity index (χ2v) is 8.67. The number of ether oxygens (including phenoxy) is 2. The van der Waals surface area contributed by atoms with E-state index in [-0.39, 0.29) is 23.6 Å². The van der Waals surface area contributed by atoms with Crippen molar-refractivity contribution < 1.29 is 14.3 Å². The SMILES string of the molecule is COc1ccccc1C(CNC(=O)/C(C#N)=C/c1cc(C)n(CC2CCCO2)c1C)N(C)C. The summed E-state index contributed by atoms with van der Waals surface area (Å²) in [4.78, 5) is 14.9. The standard InChI is InChI=1S/C26H34N4O3/c1-18-13-20(19(2)30(18)17-22-9-8-12-33-22)14-21(15-27)26(31)28-16-24(29(3)4)23-10-6-7-11-25(23)32-5/h6-7,10-11,13-14,22,24H,8-9,12,16-17H2,1-5H3,(H,28,31)/b21-14+. The number of aryl methyl sites for hydroxylation is 1. The van der Waals surface area contributed by atoms with Gasteiger partial charge in [0.2, 0.25) is 0 Å². The van der Waals surface area contributed by atoms with Gasteiger partial charge in [-0.3, -0.25) is 4.79 Å². The van der Waals surface area contributed by atoms with Crippen LogP contribution in [0.5, 0.6) is 5.75 Å². The molecule has 1 aromatic heterocycles. The molecule has 2 unspecified atom stereocenters. The van der Waals surface area contributed by atoms with E-state index >= 15 is 0 Å². The number of carbonyl (C=O) groups is 1. The topological polar surface area (TPSA) is 79.5 Å². The molecule has 1 aliphatic heterocycles. The molecular formula is C26H34N4O3. The molecule has 2 atom stereocenters. The Morgan fingerprint density at radius 2 is 2.15 bits per heavy atom. The van der Waals surface area contributed by atoms with Crippen LogP contribution < -0.4 is 10.1 Å². The summed E-state index contributed by atoms with van der Waals surface area (Å²) in [6, 6.07) is 11.7. The molecule has 0 aliphatic carbocycles. The van der Waals surface area contributed by atoms with Crippen molar-refractivity contribution in [1.29, 1.82) is 5.26 Å². The predicted octanol–water partition coefficient (Wildman–Crippen LogP) is 3.62. The molecule has 176 valence electrons. The number of carbonyl (C=O) groups excluding carboxylic acids is 1. The molecule has 2 aromatic rings. The van der Waals surface area contributed by atoms with Crippen molar-refractivity contribution in [2.75, 3.05) is 34.4 Å². The number of benzene rings is 1. The molecule has 1 saturated heterocycles. The molecular weight excluding hydrogens is 416 g/mol. The number of hydrogen-bond acceptors (Lipinski definition) is 5. The van der Waals surface area contributed by atoms with Crippen LogP contribution in [-0.4, -0.2) is 55.8 Å². The Bertz CT molecular complexity index is 1040. The first-order valence-corrected chi connectivity index (χ1v) is 11.3. The summed E-state index contributed by atoms with van der Waals surface area (Å²) < 4.78 is 13.5. The molecule has 1 aliphatic rings. The van der Waals surface area contributed by atoms with Crippen LogP contribution in [0.15, 0.2) is 35.9 Å². The maximum atomic E-state index is 12.9. The van der Waals surface area contributed by atoms with Crippen LogP contribution in [-0.2, 0) is 16.1 Å². The van der Waals surface area contributed by atoms with Gasteiger partial charge in [0.15, 0.2) is 0 Å². The average molecular weight is 451 g/mol. The maximum Gasteiger partial charge on any atom is 0.262 e. The van der Waals surface area contributed by atoms with Gasteiger partial charge in [-0.05, 0) is 64.6 Å². The van der Waals surface area contributed by atoms with Gasteiger partial charge in [-0.1, -0.05) is 18.2 Å². The molecule has 1 N–H and O–H groups in total. The molecule has 1 amide bonds. The summed E-state index contributed by atoms with van der Waals surface area (Å²) in [7, 11) is 5.54. The summed E-state index contributed by atoms with van der Waals surface area (Å²) >= 11 is 0. The second-order valence-electron chi connectivity index (χ2n) is 8.67. The van der Waals surface area contributed by atoms with Gasteiger partial charge < -0.3 is 24.3 Å². The molecule has 0 saturated carbocycles. The minimum absolute atomic E-state index is 0.0879. The lowest BCUT2D eigenvalue weighted by atomic mass is 10.0. The number of hydrogen-bond donors (Lipinski definition) is 1. The van der Waals surface area contributed by atoms with Crippen molar-refractivity contribution in [3.05, 3.63) is 58.4 Å². The summed E-state index contributed by atoms with van der Waals surface area (Å²) in [6.07, 6.45) is 4.06. The molecule has 0 spiro atoms. The lowest BCUT2D eigenvalue weighted by molar-refractivity contribution is -0.117. The Labute approximate surface area is 196 Å². The van der Waals surface area contributed by atoms with E-state index < -0.39 is 0 Å². The fourth-order valence-corrected chi connectivity index (χ4v) is 4.35. The second kappa shape index (κ2) is 11.2. The average Bonchev–Trinajstić information content (AvgIpc) is 3.41. The lowest BCUT2D eigenvalue weighted by Gasteiger charge is -2.26. The van der Waals surface area contributed by atoms with Gasteiger partial charge >= 0.3 is 0 Å². The number of amides is 1. The van der Waals surface area contributed by atoms with Crippen LogP contribution in [0.2, 0.25) is 0 Å². The normalized spacial score (nSPS) is 17.1. The number of nitriles is 1. The van der Waals surface area contributed by atoms with Crippen molar-refractivity contribution >= 4 is 12.0 Å². The third-order valence-electron chi connectivity index (χ3n) is 6.27. The van der Waals surface area contributed by atoms with Crippen molar-refractivity contribution in [3.63, 3.8) is 0 Å². The van der Waals surface area contributed by atoms with E-state index in [4.69, 9.17) is 9.47 Å². The Morgan fingerprint density at radius 1 is 1.39 bits per heavy atom. The number of likely N-dealkylation sites (N-methyl/N-ethyl adjacent to an activating group) is 1. The quantitative estimate of drug-likeness (QED) is 0.466. The smallest absolute Gasteiger partial charge is 0.262 e. The Morgan fingerprint density at radius 3 is 2.79 bits per heavy atom. The van der Waals surface area contributed by atoms with Gasteiger partial charge in [-0.2, -0.15) is 5.26 Å². The van der Waals surface area contributed by atoms with Crippen LogP contribution in [0.4, 0.5) is 0 Å². The molecule has 7 nitrogen and oxygen atoms in total. The minimum Gasteiger partial charge on any atom is -0.496 e. The van der Waals surface area contributed by atoms with Crippen molar-refractivity contribution in [1.82, 2.24) is 14.8 Å². The number of rotatable bonds is 9. The van der Waals surface area contributed by atoms with Crippen LogP contribution in [0.1, 0.15) is 41.4 Å². The van der Waals surface area contributed by atoms with Crippen molar-refractivity contribution in [2.24, 2.45) is 0 Å². The summed E-state index contributed by atoms with van der Waals surface area (Å²) in [5.41, 5.74) is 4.07. The zero-order chi connectivity index (χ0) is 24.0. The molecule has 1 aromatic carbocycles. The molecule has 2 heterocycles. The van der Waals surface area contributed by atoms with E-state index in [0.29, 0.717) is 6.54 Å². The highest BCUT2D eigenvalue weighted by atomic mass is 16.5. The third-order valence-corrected chi connectivity index (χ3v) is 6.27. The van der Waals surface area contributed by atoms with Crippen LogP contribution in [0.25, 0.3) is 6.08 Å². The highest BCUT2D eigenvalue weighted by molar-refractivity contribution is 6.01. The molecule has 0 radical (unpaired) electrons. The van der Waals surface area contributed by atoms with Crippen LogP contribution >= 0.6 is 0 Å². The summed E-state index contributed by atoms with van der Waals surface area (Å²) in [5, 5.41) is 12.6. The van der Waals surface area contributed by atoms with Gasteiger partial charge in [0.1, 0.15) is 17.4 Å². The van der Waals surface area contributed by atoms with E-state index in [1.54, 1.807) is 13.2 Å². The maximum absolute atomic E-state index is 12.9. The predicted molar refractivity (Wildman–Crippen MR) is 129 cm³/mol. The fourth-order valence-electron chi connectivity index (χ4n) is 4.35. The molecule has 7 heteroatoms. The van der Waals surface area contributed by atoms with Crippen molar-refractivity contribution in [3.8, 4) is 11.8 Å². The van der Waals surface area contributed by atoms with Gasteiger partial charge in [0, 0.05) is 36.6 Å². The zero-order valence-corrected chi connectivity index (χ0v) is 20.2. The Hall–Kier alpha value is -3.08. The zero-order valence-electron chi connectivity index (χ0n) is 20.2. The Kier molecular flexibility index (Phi) is 8.32. The molecule has 0 bridgehead atoms. The van der Waals surface area contributed by atoms with Crippen LogP contribution in [0, 0.1) is 25.2 Å². The van der Waals surface area contributed by atoms with Gasteiger partial charge in [-0.15, -0.1) is 0 Å². The number of nitrogens with zero attached hydrogens (tertiary/aromatic N) is 3. The first-order valence-electron chi connectivity index (χ1n) is 11.3. The summed E-state index contributed by atoms with van der Waals surface area (Å²) in [6.45, 7) is 6.02. The minimum atomic E-state index is -0.386. The number of methoxy groups -OCH3 is 1. The van der Waals surface area contributed by atoms with E-state index in [1.165, 1.54) is 0 Å². The first-order chi connectivity index (χ1) is 15.8. The third kappa shape index (κ3) is 5.84. The lowest BCUT2D eigenvalue weighted by Crippen LogP contribution is -2.35. The number of nitrogens with one attached hydrogen (secondary N) is 1. The monoisotopic (exact) mass is 450 g/mol. The van der Waals surface area contributed by atoms with Gasteiger partial charge in [0.05, 0.1) is 19.3 Å². The van der Waals surface area contributed by atoms with E-state index in [2.05, 4.69) is 16.0 Å². The highest BCUT2D eigenvalue weighted by Crippen LogP contribution is 2.27. The molecule has 33 heavy (non-hydrogen) atoms.